The molecule has 0 aliphatic carbocycles. The van der Waals surface area contributed by atoms with Crippen LogP contribution in [-0.2, 0) is 12.6 Å². The standard InChI is InChI=1S/C16H20FN3O3/c1-10-13(15(23-4)20(3)19-10)14(21)18-9-16(2,22)11-5-7-12(17)8-6-11/h5-8,22H,9H2,1-4H3,(H,18,21). The minimum Gasteiger partial charge on any atom is -0.481 e. The molecule has 2 aromatic rings. The molecule has 2 rings (SSSR count). The average molecular weight is 321 g/mol. The Morgan fingerprint density at radius 2 is 2.04 bits per heavy atom. The quantitative estimate of drug-likeness (QED) is 0.875. The van der Waals surface area contributed by atoms with Crippen LogP contribution in [-0.4, -0.2) is 34.4 Å². The summed E-state index contributed by atoms with van der Waals surface area (Å²) >= 11 is 0. The van der Waals surface area contributed by atoms with Gasteiger partial charge in [0.15, 0.2) is 0 Å². The number of amides is 1. The summed E-state index contributed by atoms with van der Waals surface area (Å²) < 4.78 is 19.6. The van der Waals surface area contributed by atoms with E-state index in [4.69, 9.17) is 4.74 Å². The van der Waals surface area contributed by atoms with Gasteiger partial charge in [-0.25, -0.2) is 9.07 Å². The number of nitrogens with one attached hydrogen (secondary N) is 1. The molecule has 2 N–H and O–H groups in total. The number of hydrogen-bond acceptors (Lipinski definition) is 4. The van der Waals surface area contributed by atoms with E-state index in [0.29, 0.717) is 22.7 Å². The summed E-state index contributed by atoms with van der Waals surface area (Å²) in [6.07, 6.45) is 0. The van der Waals surface area contributed by atoms with E-state index in [9.17, 15) is 14.3 Å². The van der Waals surface area contributed by atoms with Gasteiger partial charge in [-0.2, -0.15) is 5.10 Å². The minimum absolute atomic E-state index is 0.0328. The third-order valence-electron chi connectivity index (χ3n) is 3.65. The zero-order valence-electron chi connectivity index (χ0n) is 13.6. The number of benzene rings is 1. The van der Waals surface area contributed by atoms with Gasteiger partial charge in [0, 0.05) is 7.05 Å². The molecule has 0 bridgehead atoms. The van der Waals surface area contributed by atoms with Crippen molar-refractivity contribution in [3.63, 3.8) is 0 Å². The van der Waals surface area contributed by atoms with Crippen LogP contribution in [0, 0.1) is 12.7 Å². The van der Waals surface area contributed by atoms with Crippen molar-refractivity contribution in [2.24, 2.45) is 7.05 Å². The molecule has 0 saturated carbocycles. The van der Waals surface area contributed by atoms with Gasteiger partial charge >= 0.3 is 0 Å². The Balaban J connectivity index is 2.14. The molecule has 7 heteroatoms. The lowest BCUT2D eigenvalue weighted by Gasteiger charge is -2.24. The fourth-order valence-electron chi connectivity index (χ4n) is 2.38. The second-order valence-corrected chi connectivity index (χ2v) is 5.56. The molecular formula is C16H20FN3O3. The molecule has 0 aliphatic rings. The van der Waals surface area contributed by atoms with Gasteiger partial charge in [-0.15, -0.1) is 0 Å². The molecule has 0 saturated heterocycles. The Morgan fingerprint density at radius 1 is 1.43 bits per heavy atom. The van der Waals surface area contributed by atoms with Crippen molar-refractivity contribution in [1.82, 2.24) is 15.1 Å². The van der Waals surface area contributed by atoms with E-state index >= 15 is 0 Å². The van der Waals surface area contributed by atoms with E-state index in [1.54, 1.807) is 20.9 Å². The smallest absolute Gasteiger partial charge is 0.258 e. The zero-order chi connectivity index (χ0) is 17.2. The van der Waals surface area contributed by atoms with Crippen LogP contribution in [0.15, 0.2) is 24.3 Å². The SMILES string of the molecule is COc1c(C(=O)NCC(C)(O)c2ccc(F)cc2)c(C)nn1C. The highest BCUT2D eigenvalue weighted by molar-refractivity contribution is 5.97. The Labute approximate surface area is 133 Å². The number of carbonyl (C=O) groups excluding carboxylic acids is 1. The molecular weight excluding hydrogens is 301 g/mol. The largest absolute Gasteiger partial charge is 0.481 e. The lowest BCUT2D eigenvalue weighted by Crippen LogP contribution is -2.38. The van der Waals surface area contributed by atoms with Crippen LogP contribution in [0.25, 0.3) is 0 Å². The predicted molar refractivity (Wildman–Crippen MR) is 82.8 cm³/mol. The van der Waals surface area contributed by atoms with Gasteiger partial charge in [0.1, 0.15) is 17.0 Å². The number of methoxy groups -OCH3 is 1. The first-order valence-electron chi connectivity index (χ1n) is 7.10. The average Bonchev–Trinajstić information content (AvgIpc) is 2.79. The lowest BCUT2D eigenvalue weighted by molar-refractivity contribution is 0.0524. The molecule has 124 valence electrons. The van der Waals surface area contributed by atoms with Crippen molar-refractivity contribution in [3.8, 4) is 5.88 Å². The van der Waals surface area contributed by atoms with Gasteiger partial charge in [0.25, 0.3) is 5.91 Å². The van der Waals surface area contributed by atoms with E-state index < -0.39 is 11.5 Å². The number of nitrogens with zero attached hydrogens (tertiary/aromatic N) is 2. The predicted octanol–water partition coefficient (Wildman–Crippen LogP) is 1.51. The number of halogens is 1. The summed E-state index contributed by atoms with van der Waals surface area (Å²) in [7, 11) is 3.14. The normalized spacial score (nSPS) is 13.5. The summed E-state index contributed by atoms with van der Waals surface area (Å²) in [6.45, 7) is 3.22. The van der Waals surface area contributed by atoms with Crippen molar-refractivity contribution in [3.05, 3.63) is 46.9 Å². The van der Waals surface area contributed by atoms with Gasteiger partial charge in [-0.3, -0.25) is 4.79 Å². The second-order valence-electron chi connectivity index (χ2n) is 5.56. The number of aryl methyl sites for hydroxylation is 2. The molecule has 1 unspecified atom stereocenters. The van der Waals surface area contributed by atoms with Crippen molar-refractivity contribution >= 4 is 5.91 Å². The first-order valence-corrected chi connectivity index (χ1v) is 7.10. The summed E-state index contributed by atoms with van der Waals surface area (Å²) in [5.74, 6) is -0.430. The highest BCUT2D eigenvalue weighted by Crippen LogP contribution is 2.23. The van der Waals surface area contributed by atoms with Crippen LogP contribution >= 0.6 is 0 Å². The maximum atomic E-state index is 13.0. The number of aliphatic hydroxyl groups is 1. The Morgan fingerprint density at radius 3 is 2.61 bits per heavy atom. The highest BCUT2D eigenvalue weighted by atomic mass is 19.1. The van der Waals surface area contributed by atoms with Crippen LogP contribution in [0.2, 0.25) is 0 Å². The van der Waals surface area contributed by atoms with Gasteiger partial charge in [-0.05, 0) is 31.5 Å². The van der Waals surface area contributed by atoms with Crippen LogP contribution in [0.3, 0.4) is 0 Å². The number of carbonyl (C=O) groups is 1. The number of hydrogen-bond donors (Lipinski definition) is 2. The fourth-order valence-corrected chi connectivity index (χ4v) is 2.38. The third kappa shape index (κ3) is 3.50. The summed E-state index contributed by atoms with van der Waals surface area (Å²) in [5, 5.41) is 17.3. The number of aromatic nitrogens is 2. The maximum Gasteiger partial charge on any atom is 0.258 e. The lowest BCUT2D eigenvalue weighted by atomic mass is 9.96. The minimum atomic E-state index is -1.33. The van der Waals surface area contributed by atoms with Crippen molar-refractivity contribution in [2.75, 3.05) is 13.7 Å². The molecule has 1 aromatic carbocycles. The Kier molecular flexibility index (Phi) is 4.70. The van der Waals surface area contributed by atoms with Gasteiger partial charge in [0.05, 0.1) is 19.3 Å². The molecule has 1 heterocycles. The Bertz CT molecular complexity index is 708. The van der Waals surface area contributed by atoms with Crippen molar-refractivity contribution < 1.29 is 19.0 Å². The molecule has 1 atom stereocenters. The molecule has 1 aromatic heterocycles. The summed E-state index contributed by atoms with van der Waals surface area (Å²) in [6, 6.07) is 5.49. The number of ether oxygens (including phenoxy) is 1. The molecule has 1 amide bonds. The van der Waals surface area contributed by atoms with Crippen LogP contribution in [0.4, 0.5) is 4.39 Å². The van der Waals surface area contributed by atoms with Crippen molar-refractivity contribution in [2.45, 2.75) is 19.4 Å². The van der Waals surface area contributed by atoms with Crippen LogP contribution in [0.1, 0.15) is 28.5 Å². The topological polar surface area (TPSA) is 76.4 Å². The molecule has 0 fully saturated rings. The zero-order valence-corrected chi connectivity index (χ0v) is 13.6. The van der Waals surface area contributed by atoms with E-state index in [1.165, 1.54) is 36.1 Å². The highest BCUT2D eigenvalue weighted by Gasteiger charge is 2.27. The third-order valence-corrected chi connectivity index (χ3v) is 3.65. The van der Waals surface area contributed by atoms with E-state index in [2.05, 4.69) is 10.4 Å². The van der Waals surface area contributed by atoms with Gasteiger partial charge in [0.2, 0.25) is 5.88 Å². The summed E-state index contributed by atoms with van der Waals surface area (Å²) in [4.78, 5) is 12.4. The second kappa shape index (κ2) is 6.37. The Hall–Kier alpha value is -2.41. The molecule has 6 nitrogen and oxygen atoms in total. The van der Waals surface area contributed by atoms with E-state index in [0.717, 1.165) is 0 Å². The van der Waals surface area contributed by atoms with Crippen LogP contribution in [0.5, 0.6) is 5.88 Å². The van der Waals surface area contributed by atoms with E-state index in [1.807, 2.05) is 0 Å². The first kappa shape index (κ1) is 17.0. The first-order chi connectivity index (χ1) is 10.8. The molecule has 0 radical (unpaired) electrons. The summed E-state index contributed by atoms with van der Waals surface area (Å²) in [5.41, 5.74) is 0.0365. The maximum absolute atomic E-state index is 13.0. The molecule has 0 spiro atoms. The van der Waals surface area contributed by atoms with Crippen LogP contribution < -0.4 is 10.1 Å². The molecule has 0 aliphatic heterocycles. The van der Waals surface area contributed by atoms with Crippen molar-refractivity contribution in [1.29, 1.82) is 0 Å². The van der Waals surface area contributed by atoms with Gasteiger partial charge in [-0.1, -0.05) is 12.1 Å². The number of rotatable bonds is 5. The monoisotopic (exact) mass is 321 g/mol. The molecule has 23 heavy (non-hydrogen) atoms. The fraction of sp³-hybridized carbons (Fsp3) is 0.375. The van der Waals surface area contributed by atoms with E-state index in [-0.39, 0.29) is 12.4 Å². The van der Waals surface area contributed by atoms with Gasteiger partial charge < -0.3 is 15.2 Å².